The van der Waals surface area contributed by atoms with Crippen LogP contribution in [0.4, 0.5) is 0 Å². The van der Waals surface area contributed by atoms with E-state index in [2.05, 4.69) is 103 Å². The number of hydrogen-bond donors (Lipinski definition) is 0. The predicted molar refractivity (Wildman–Crippen MR) is 136 cm³/mol. The summed E-state index contributed by atoms with van der Waals surface area (Å²) in [5, 5.41) is 5.03. The van der Waals surface area contributed by atoms with Gasteiger partial charge in [0.1, 0.15) is 6.29 Å². The zero-order valence-corrected chi connectivity index (χ0v) is 19.2. The molecule has 5 aromatic rings. The second-order valence-electron chi connectivity index (χ2n) is 7.64. The smallest absolute Gasteiger partial charge is 0.150 e. The number of benzene rings is 5. The van der Waals surface area contributed by atoms with Crippen molar-refractivity contribution in [1.29, 1.82) is 0 Å². The highest BCUT2D eigenvalue weighted by Gasteiger charge is 2.07. The third-order valence-corrected chi connectivity index (χ3v) is 6.56. The van der Waals surface area contributed by atoms with Crippen molar-refractivity contribution in [3.63, 3.8) is 0 Å². The summed E-state index contributed by atoms with van der Waals surface area (Å²) in [6, 6.07) is 33.0. The van der Waals surface area contributed by atoms with E-state index in [0.29, 0.717) is 5.56 Å². The molecule has 1 nitrogen and oxygen atoms in total. The Balaban J connectivity index is 0.000000166. The minimum absolute atomic E-state index is 0.713. The molecule has 0 saturated heterocycles. The van der Waals surface area contributed by atoms with Gasteiger partial charge < -0.3 is 0 Å². The highest BCUT2D eigenvalue weighted by Crippen LogP contribution is 2.32. The van der Waals surface area contributed by atoms with Crippen LogP contribution in [-0.2, 0) is 0 Å². The molecule has 5 rings (SSSR count). The molecule has 152 valence electrons. The zero-order valence-electron chi connectivity index (χ0n) is 17.6. The highest BCUT2D eigenvalue weighted by atomic mass is 79.9. The summed E-state index contributed by atoms with van der Waals surface area (Å²) >= 11 is 3.58. The van der Waals surface area contributed by atoms with E-state index in [-0.39, 0.29) is 0 Å². The highest BCUT2D eigenvalue weighted by molar-refractivity contribution is 9.10. The van der Waals surface area contributed by atoms with Crippen molar-refractivity contribution >= 4 is 43.8 Å². The van der Waals surface area contributed by atoms with Crippen LogP contribution in [0.5, 0.6) is 0 Å². The van der Waals surface area contributed by atoms with Crippen molar-refractivity contribution in [2.45, 2.75) is 13.8 Å². The molecule has 0 saturated carbocycles. The number of aryl methyl sites for hydroxylation is 2. The van der Waals surface area contributed by atoms with Gasteiger partial charge in [-0.2, -0.15) is 0 Å². The molecule has 0 unspecified atom stereocenters. The van der Waals surface area contributed by atoms with Gasteiger partial charge in [-0.15, -0.1) is 0 Å². The normalized spacial score (nSPS) is 10.5. The molecule has 0 fully saturated rings. The second-order valence-corrected chi connectivity index (χ2v) is 8.43. The first kappa shape index (κ1) is 21.0. The lowest BCUT2D eigenvalue weighted by molar-refractivity contribution is 0.112. The number of hydrogen-bond acceptors (Lipinski definition) is 1. The summed E-state index contributed by atoms with van der Waals surface area (Å²) in [5.41, 5.74) is 5.53. The average molecular weight is 467 g/mol. The minimum atomic E-state index is 0.713. The molecule has 0 atom stereocenters. The molecular formula is C29H23BrO. The minimum Gasteiger partial charge on any atom is -0.298 e. The number of fused-ring (bicyclic) bond motifs is 2. The third-order valence-electron chi connectivity index (χ3n) is 5.51. The summed E-state index contributed by atoms with van der Waals surface area (Å²) in [6.07, 6.45) is 0.893. The van der Waals surface area contributed by atoms with Crippen LogP contribution in [0.2, 0.25) is 0 Å². The van der Waals surface area contributed by atoms with Crippen molar-refractivity contribution < 1.29 is 4.79 Å². The molecule has 0 amide bonds. The van der Waals surface area contributed by atoms with Gasteiger partial charge in [-0.1, -0.05) is 91.0 Å². The lowest BCUT2D eigenvalue weighted by atomic mass is 9.93. The van der Waals surface area contributed by atoms with Gasteiger partial charge >= 0.3 is 0 Å². The predicted octanol–water partition coefficient (Wildman–Crippen LogP) is 8.54. The van der Waals surface area contributed by atoms with Gasteiger partial charge in [0, 0.05) is 10.0 Å². The summed E-state index contributed by atoms with van der Waals surface area (Å²) in [4.78, 5) is 10.9. The van der Waals surface area contributed by atoms with Crippen molar-refractivity contribution in [3.05, 3.63) is 118 Å². The molecule has 0 aromatic heterocycles. The van der Waals surface area contributed by atoms with Crippen LogP contribution in [-0.4, -0.2) is 6.29 Å². The Morgan fingerprint density at radius 3 is 1.97 bits per heavy atom. The Morgan fingerprint density at radius 2 is 1.26 bits per heavy atom. The third kappa shape index (κ3) is 4.45. The summed E-state index contributed by atoms with van der Waals surface area (Å²) in [6.45, 7) is 4.21. The van der Waals surface area contributed by atoms with Crippen LogP contribution >= 0.6 is 15.9 Å². The number of aldehydes is 1. The molecule has 0 spiro atoms. The van der Waals surface area contributed by atoms with Crippen molar-refractivity contribution in [1.82, 2.24) is 0 Å². The lowest BCUT2D eigenvalue weighted by Gasteiger charge is -2.11. The number of rotatable bonds is 2. The van der Waals surface area contributed by atoms with E-state index in [4.69, 9.17) is 0 Å². The largest absolute Gasteiger partial charge is 0.298 e. The fraction of sp³-hybridized carbons (Fsp3) is 0.0690. The average Bonchev–Trinajstić information content (AvgIpc) is 2.82. The maximum atomic E-state index is 10.9. The van der Waals surface area contributed by atoms with Crippen molar-refractivity contribution in [2.75, 3.05) is 0 Å². The first-order chi connectivity index (χ1) is 15.1. The maximum Gasteiger partial charge on any atom is 0.150 e. The van der Waals surface area contributed by atoms with Crippen LogP contribution in [0.25, 0.3) is 32.7 Å². The number of carbonyl (C=O) groups excluding carboxylic acids is 1. The van der Waals surface area contributed by atoms with Gasteiger partial charge in [0.2, 0.25) is 0 Å². The molecule has 2 heteroatoms. The molecule has 0 aliphatic heterocycles. The van der Waals surface area contributed by atoms with E-state index in [0.717, 1.165) is 11.8 Å². The van der Waals surface area contributed by atoms with E-state index in [1.807, 2.05) is 24.3 Å². The molecule has 0 heterocycles. The molecule has 0 N–H and O–H groups in total. The van der Waals surface area contributed by atoms with Gasteiger partial charge in [0.25, 0.3) is 0 Å². The Labute approximate surface area is 191 Å². The van der Waals surface area contributed by atoms with Crippen LogP contribution in [0.3, 0.4) is 0 Å². The number of halogens is 1. The van der Waals surface area contributed by atoms with E-state index in [9.17, 15) is 4.79 Å². The summed E-state index contributed by atoms with van der Waals surface area (Å²) < 4.78 is 1.21. The second kappa shape index (κ2) is 9.28. The summed E-state index contributed by atoms with van der Waals surface area (Å²) in [7, 11) is 0. The van der Waals surface area contributed by atoms with E-state index >= 15 is 0 Å². The molecule has 0 radical (unpaired) electrons. The van der Waals surface area contributed by atoms with Gasteiger partial charge in [-0.25, -0.2) is 0 Å². The molecular weight excluding hydrogens is 444 g/mol. The van der Waals surface area contributed by atoms with E-state index in [1.165, 1.54) is 42.7 Å². The molecule has 5 aromatic carbocycles. The van der Waals surface area contributed by atoms with Crippen LogP contribution in [0, 0.1) is 13.8 Å². The number of carbonyl (C=O) groups is 1. The van der Waals surface area contributed by atoms with Crippen LogP contribution in [0.15, 0.2) is 102 Å². The Kier molecular flexibility index (Phi) is 6.29. The fourth-order valence-electron chi connectivity index (χ4n) is 3.87. The van der Waals surface area contributed by atoms with Gasteiger partial charge in [0.05, 0.1) is 0 Å². The Hall–Kier alpha value is -3.23. The van der Waals surface area contributed by atoms with E-state index < -0.39 is 0 Å². The summed E-state index contributed by atoms with van der Waals surface area (Å²) in [5.74, 6) is 0. The maximum absolute atomic E-state index is 10.9. The van der Waals surface area contributed by atoms with Gasteiger partial charge in [0.15, 0.2) is 0 Å². The van der Waals surface area contributed by atoms with E-state index in [1.54, 1.807) is 0 Å². The SMILES string of the molecule is Cc1ccc2ccccc2c1-c1cccc(C=O)c1.Cc1ccc2ccccc2c1Br. The Bertz CT molecular complexity index is 1380. The van der Waals surface area contributed by atoms with Gasteiger partial charge in [-0.3, -0.25) is 4.79 Å². The van der Waals surface area contributed by atoms with Gasteiger partial charge in [-0.05, 0) is 79.6 Å². The Morgan fingerprint density at radius 1 is 0.645 bits per heavy atom. The first-order valence-electron chi connectivity index (χ1n) is 10.3. The topological polar surface area (TPSA) is 17.1 Å². The van der Waals surface area contributed by atoms with Crippen LogP contribution < -0.4 is 0 Å². The standard InChI is InChI=1S/C18H14O.C11H9Br/c1-13-9-10-15-6-2-3-8-17(15)18(13)16-7-4-5-14(11-16)12-19;1-8-6-7-9-4-2-3-5-10(9)11(8)12/h2-12H,1H3;2-7H,1H3. The van der Waals surface area contributed by atoms with Crippen molar-refractivity contribution in [3.8, 4) is 11.1 Å². The lowest BCUT2D eigenvalue weighted by Crippen LogP contribution is -1.88. The molecule has 0 aliphatic carbocycles. The van der Waals surface area contributed by atoms with Crippen LogP contribution in [0.1, 0.15) is 21.5 Å². The molecule has 31 heavy (non-hydrogen) atoms. The molecule has 0 bridgehead atoms. The fourth-order valence-corrected chi connectivity index (χ4v) is 4.37. The first-order valence-corrected chi connectivity index (χ1v) is 11.1. The van der Waals surface area contributed by atoms with Crippen molar-refractivity contribution in [2.24, 2.45) is 0 Å². The zero-order chi connectivity index (χ0) is 21.8. The monoisotopic (exact) mass is 466 g/mol. The quantitative estimate of drug-likeness (QED) is 0.238. The molecule has 0 aliphatic rings.